The minimum atomic E-state index is 0.775. The molecular weight excluding hydrogens is 478 g/mol. The van der Waals surface area contributed by atoms with Crippen LogP contribution in [0, 0.1) is 0 Å². The predicted octanol–water partition coefficient (Wildman–Crippen LogP) is 9.27. The molecule has 0 saturated heterocycles. The Kier molecular flexibility index (Phi) is 4.79. The van der Waals surface area contributed by atoms with Gasteiger partial charge < -0.3 is 9.72 Å². The Labute approximate surface area is 224 Å². The number of ether oxygens (including phenoxy) is 1. The van der Waals surface area contributed by atoms with Crippen molar-refractivity contribution in [3.63, 3.8) is 0 Å². The Bertz CT molecular complexity index is 2150. The second-order valence-electron chi connectivity index (χ2n) is 9.75. The van der Waals surface area contributed by atoms with Gasteiger partial charge in [-0.15, -0.1) is 0 Å². The number of H-pyrrole nitrogens is 1. The highest BCUT2D eigenvalue weighted by molar-refractivity contribution is 6.10. The number of para-hydroxylation sites is 3. The molecule has 184 valence electrons. The summed E-state index contributed by atoms with van der Waals surface area (Å²) in [4.78, 5) is 8.35. The van der Waals surface area contributed by atoms with Crippen molar-refractivity contribution in [2.24, 2.45) is 0 Å². The fourth-order valence-corrected chi connectivity index (χ4v) is 5.67. The summed E-state index contributed by atoms with van der Waals surface area (Å²) in [7, 11) is 0. The molecule has 4 nitrogen and oxygen atoms in total. The van der Waals surface area contributed by atoms with E-state index >= 15 is 0 Å². The van der Waals surface area contributed by atoms with E-state index in [0.29, 0.717) is 0 Å². The van der Waals surface area contributed by atoms with Crippen molar-refractivity contribution in [1.82, 2.24) is 14.5 Å². The van der Waals surface area contributed by atoms with Crippen molar-refractivity contribution in [3.8, 4) is 28.4 Å². The van der Waals surface area contributed by atoms with Crippen molar-refractivity contribution in [2.45, 2.75) is 0 Å². The molecule has 0 atom stereocenters. The predicted molar refractivity (Wildman–Crippen MR) is 160 cm³/mol. The molecule has 39 heavy (non-hydrogen) atoms. The second-order valence-corrected chi connectivity index (χ2v) is 9.75. The molecule has 3 heterocycles. The number of aromatic amines is 1. The molecule has 4 heteroatoms. The van der Waals surface area contributed by atoms with Crippen molar-refractivity contribution in [3.05, 3.63) is 134 Å². The van der Waals surface area contributed by atoms with Gasteiger partial charge in [-0.25, -0.2) is 4.98 Å². The molecule has 1 N–H and O–H groups in total. The summed E-state index contributed by atoms with van der Waals surface area (Å²) in [6, 6.07) is 44.0. The van der Waals surface area contributed by atoms with Crippen molar-refractivity contribution in [2.75, 3.05) is 0 Å². The molecule has 0 aliphatic carbocycles. The topological polar surface area (TPSA) is 42.8 Å². The molecule has 0 fully saturated rings. The Morgan fingerprint density at radius 1 is 0.564 bits per heavy atom. The number of nitrogens with zero attached hydrogens (tertiary/aromatic N) is 2. The van der Waals surface area contributed by atoms with E-state index in [1.807, 2.05) is 30.5 Å². The van der Waals surface area contributed by atoms with Crippen LogP contribution in [0.2, 0.25) is 0 Å². The number of rotatable bonds is 4. The summed E-state index contributed by atoms with van der Waals surface area (Å²) in [5, 5.41) is 4.69. The van der Waals surface area contributed by atoms with E-state index in [4.69, 9.17) is 9.72 Å². The smallest absolute Gasteiger partial charge is 0.151 e. The van der Waals surface area contributed by atoms with Gasteiger partial charge in [-0.1, -0.05) is 78.9 Å². The lowest BCUT2D eigenvalue weighted by atomic mass is 10.1. The lowest BCUT2D eigenvalue weighted by Gasteiger charge is -2.11. The third-order valence-corrected chi connectivity index (χ3v) is 7.46. The Hall–Kier alpha value is -5.35. The van der Waals surface area contributed by atoms with Crippen LogP contribution in [0.1, 0.15) is 0 Å². The van der Waals surface area contributed by atoms with Crippen LogP contribution in [0.5, 0.6) is 11.5 Å². The molecule has 0 saturated carbocycles. The average molecular weight is 502 g/mol. The zero-order valence-corrected chi connectivity index (χ0v) is 21.0. The zero-order valence-electron chi connectivity index (χ0n) is 21.0. The quantitative estimate of drug-likeness (QED) is 0.261. The standard InChI is InChI=1S/C35H23N3O/c1-2-9-23(10-3-1)24-19-20-36-34(21-24)38-31-15-7-5-12-27(31)28-18-17-25(22-32(28)38)39-33-16-8-13-29-26-11-4-6-14-30(26)37-35(29)33/h1-22,37H. The third-order valence-electron chi connectivity index (χ3n) is 7.46. The summed E-state index contributed by atoms with van der Waals surface area (Å²) in [6.07, 6.45) is 1.88. The van der Waals surface area contributed by atoms with Gasteiger partial charge in [0.2, 0.25) is 0 Å². The Balaban J connectivity index is 1.30. The first-order valence-electron chi connectivity index (χ1n) is 13.1. The number of fused-ring (bicyclic) bond motifs is 6. The van der Waals surface area contributed by atoms with Crippen LogP contribution in [-0.4, -0.2) is 14.5 Å². The lowest BCUT2D eigenvalue weighted by molar-refractivity contribution is 0.488. The van der Waals surface area contributed by atoms with Gasteiger partial charge >= 0.3 is 0 Å². The molecule has 0 bridgehead atoms. The fraction of sp³-hybridized carbons (Fsp3) is 0. The van der Waals surface area contributed by atoms with Crippen LogP contribution in [0.3, 0.4) is 0 Å². The van der Waals surface area contributed by atoms with E-state index in [1.54, 1.807) is 0 Å². The number of benzene rings is 5. The Morgan fingerprint density at radius 3 is 2.26 bits per heavy atom. The lowest BCUT2D eigenvalue weighted by Crippen LogP contribution is -1.97. The molecule has 0 unspecified atom stereocenters. The minimum Gasteiger partial charge on any atom is -0.455 e. The maximum Gasteiger partial charge on any atom is 0.151 e. The van der Waals surface area contributed by atoms with Gasteiger partial charge in [-0.3, -0.25) is 4.57 Å². The molecule has 0 aliphatic rings. The van der Waals surface area contributed by atoms with Crippen molar-refractivity contribution in [1.29, 1.82) is 0 Å². The Morgan fingerprint density at radius 2 is 1.33 bits per heavy atom. The molecule has 3 aromatic heterocycles. The molecule has 8 aromatic rings. The van der Waals surface area contributed by atoms with Crippen LogP contribution in [-0.2, 0) is 0 Å². The van der Waals surface area contributed by atoms with E-state index in [2.05, 4.69) is 113 Å². The number of aromatic nitrogens is 3. The van der Waals surface area contributed by atoms with E-state index in [-0.39, 0.29) is 0 Å². The highest BCUT2D eigenvalue weighted by Gasteiger charge is 2.16. The normalized spacial score (nSPS) is 11.6. The third kappa shape index (κ3) is 3.50. The first-order valence-corrected chi connectivity index (χ1v) is 13.1. The molecule has 0 radical (unpaired) electrons. The van der Waals surface area contributed by atoms with Gasteiger partial charge in [0.05, 0.1) is 16.6 Å². The SMILES string of the molecule is c1ccc(-c2ccnc(-n3c4ccccc4c4ccc(Oc5cccc6c5[nH]c5ccccc56)cc43)c2)cc1. The summed E-state index contributed by atoms with van der Waals surface area (Å²) >= 11 is 0. The van der Waals surface area contributed by atoms with E-state index < -0.39 is 0 Å². The maximum absolute atomic E-state index is 6.54. The maximum atomic E-state index is 6.54. The molecule has 5 aromatic carbocycles. The van der Waals surface area contributed by atoms with Gasteiger partial charge in [0.25, 0.3) is 0 Å². The highest BCUT2D eigenvalue weighted by Crippen LogP contribution is 2.38. The van der Waals surface area contributed by atoms with E-state index in [1.165, 1.54) is 10.8 Å². The minimum absolute atomic E-state index is 0.775. The van der Waals surface area contributed by atoms with Crippen molar-refractivity contribution >= 4 is 43.6 Å². The van der Waals surface area contributed by atoms with Gasteiger partial charge in [0, 0.05) is 39.3 Å². The number of pyridine rings is 1. The van der Waals surface area contributed by atoms with Gasteiger partial charge in [-0.2, -0.15) is 0 Å². The molecule has 0 amide bonds. The summed E-state index contributed by atoms with van der Waals surface area (Å²) in [5.74, 6) is 2.45. The first-order chi connectivity index (χ1) is 19.3. The number of nitrogens with one attached hydrogen (secondary N) is 1. The van der Waals surface area contributed by atoms with E-state index in [0.717, 1.165) is 61.3 Å². The van der Waals surface area contributed by atoms with Crippen LogP contribution < -0.4 is 4.74 Å². The monoisotopic (exact) mass is 501 g/mol. The molecule has 0 spiro atoms. The van der Waals surface area contributed by atoms with Crippen LogP contribution in [0.25, 0.3) is 60.6 Å². The fourth-order valence-electron chi connectivity index (χ4n) is 5.67. The van der Waals surface area contributed by atoms with E-state index in [9.17, 15) is 0 Å². The van der Waals surface area contributed by atoms with Crippen LogP contribution in [0.4, 0.5) is 0 Å². The summed E-state index contributed by atoms with van der Waals surface area (Å²) in [5.41, 5.74) is 6.55. The van der Waals surface area contributed by atoms with Crippen molar-refractivity contribution < 1.29 is 4.74 Å². The summed E-state index contributed by atoms with van der Waals surface area (Å²) in [6.45, 7) is 0. The zero-order chi connectivity index (χ0) is 25.8. The van der Waals surface area contributed by atoms with Gasteiger partial charge in [-0.05, 0) is 53.6 Å². The van der Waals surface area contributed by atoms with Crippen LogP contribution in [0.15, 0.2) is 134 Å². The largest absolute Gasteiger partial charge is 0.455 e. The number of hydrogen-bond acceptors (Lipinski definition) is 2. The number of hydrogen-bond donors (Lipinski definition) is 1. The average Bonchev–Trinajstić information content (AvgIpc) is 3.54. The molecule has 8 rings (SSSR count). The second kappa shape index (κ2) is 8.61. The molecule has 0 aliphatic heterocycles. The summed E-state index contributed by atoms with van der Waals surface area (Å²) < 4.78 is 8.77. The highest BCUT2D eigenvalue weighted by atomic mass is 16.5. The van der Waals surface area contributed by atoms with Gasteiger partial charge in [0.1, 0.15) is 11.6 Å². The van der Waals surface area contributed by atoms with Gasteiger partial charge in [0.15, 0.2) is 5.75 Å². The molecular formula is C35H23N3O. The van der Waals surface area contributed by atoms with Crippen LogP contribution >= 0.6 is 0 Å². The first kappa shape index (κ1) is 21.7.